The molecular formula is C55H108N2O6. The largest absolute Gasteiger partial charge is 0.466 e. The summed E-state index contributed by atoms with van der Waals surface area (Å²) in [6.07, 6.45) is 42.2. The van der Waals surface area contributed by atoms with E-state index < -0.39 is 0 Å². The number of aliphatic hydroxyl groups is 1. The number of aliphatic hydroxyl groups excluding tert-OH is 1. The first kappa shape index (κ1) is 61.3. The highest BCUT2D eigenvalue weighted by atomic mass is 16.5. The Labute approximate surface area is 391 Å². The van der Waals surface area contributed by atoms with Gasteiger partial charge in [-0.15, -0.1) is 0 Å². The van der Waals surface area contributed by atoms with E-state index in [0.29, 0.717) is 43.9 Å². The van der Waals surface area contributed by atoms with E-state index >= 15 is 0 Å². The summed E-state index contributed by atoms with van der Waals surface area (Å²) in [5.41, 5.74) is 0. The molecule has 0 radical (unpaired) electrons. The zero-order valence-electron chi connectivity index (χ0n) is 43.0. The number of hydrogen-bond acceptors (Lipinski definition) is 7. The van der Waals surface area contributed by atoms with Crippen LogP contribution in [0.25, 0.3) is 0 Å². The molecule has 0 aliphatic carbocycles. The van der Waals surface area contributed by atoms with Gasteiger partial charge in [0.05, 0.1) is 13.2 Å². The van der Waals surface area contributed by atoms with E-state index in [2.05, 4.69) is 39.5 Å². The summed E-state index contributed by atoms with van der Waals surface area (Å²) < 4.78 is 11.4. The Morgan fingerprint density at radius 1 is 0.429 bits per heavy atom. The minimum absolute atomic E-state index is 0.000679. The molecule has 3 atom stereocenters. The average molecular weight is 893 g/mol. The van der Waals surface area contributed by atoms with Crippen LogP contribution in [0.1, 0.15) is 272 Å². The molecule has 3 unspecified atom stereocenters. The first-order valence-corrected chi connectivity index (χ1v) is 27.7. The van der Waals surface area contributed by atoms with Crippen molar-refractivity contribution in [1.82, 2.24) is 9.80 Å². The van der Waals surface area contributed by atoms with Crippen molar-refractivity contribution in [2.24, 2.45) is 11.8 Å². The maximum absolute atomic E-state index is 13.2. The lowest BCUT2D eigenvalue weighted by Crippen LogP contribution is -2.37. The predicted octanol–water partition coefficient (Wildman–Crippen LogP) is 15.0. The molecule has 0 saturated heterocycles. The van der Waals surface area contributed by atoms with E-state index in [-0.39, 0.29) is 31.0 Å². The minimum atomic E-state index is -0.307. The molecule has 1 N–H and O–H groups in total. The lowest BCUT2D eigenvalue weighted by Gasteiger charge is -2.32. The Bertz CT molecular complexity index is 1010. The Kier molecular flexibility index (Phi) is 45.6. The molecule has 374 valence electrons. The van der Waals surface area contributed by atoms with Gasteiger partial charge in [0.2, 0.25) is 5.91 Å². The van der Waals surface area contributed by atoms with Gasteiger partial charge in [-0.2, -0.15) is 0 Å². The van der Waals surface area contributed by atoms with Crippen LogP contribution >= 0.6 is 0 Å². The molecule has 0 rings (SSSR count). The standard InChI is InChI=1S/C55H108N2O6/c1-7-12-16-20-22-28-37-50(36-26-18-14-9-3)47-53(59)56(6)49-55(61)63-46-35-25-31-41-52(57(42-11-5)43-32-33-44-58)40-30-24-34-45-62-54(60)48-51(38-27-19-15-10-4)39-29-23-21-17-13-8-2/h50-52,58H,7-49H2,1-6H3. The molecule has 1 amide bonds. The molecule has 8 heteroatoms. The number of hydrogen-bond donors (Lipinski definition) is 1. The summed E-state index contributed by atoms with van der Waals surface area (Å²) in [6.45, 7) is 14.5. The van der Waals surface area contributed by atoms with Gasteiger partial charge in [0.1, 0.15) is 6.54 Å². The molecule has 0 saturated carbocycles. The second-order valence-electron chi connectivity index (χ2n) is 19.5. The van der Waals surface area contributed by atoms with Crippen molar-refractivity contribution in [3.8, 4) is 0 Å². The number of esters is 2. The van der Waals surface area contributed by atoms with E-state index in [4.69, 9.17) is 9.47 Å². The zero-order chi connectivity index (χ0) is 46.4. The highest BCUT2D eigenvalue weighted by Gasteiger charge is 2.21. The highest BCUT2D eigenvalue weighted by Crippen LogP contribution is 2.25. The fraction of sp³-hybridized carbons (Fsp3) is 0.945. The van der Waals surface area contributed by atoms with Crippen molar-refractivity contribution < 1.29 is 29.0 Å². The SMILES string of the molecule is CCCCCCCCC(CCCCCC)CC(=O)OCCCCCC(CCCCCOC(=O)CN(C)C(=O)CC(CCCCCC)CCCCCCCC)N(CCC)CCCCO. The quantitative estimate of drug-likeness (QED) is 0.0480. The maximum Gasteiger partial charge on any atom is 0.325 e. The van der Waals surface area contributed by atoms with Gasteiger partial charge in [-0.3, -0.25) is 14.4 Å². The van der Waals surface area contributed by atoms with Crippen LogP contribution in [0, 0.1) is 11.8 Å². The van der Waals surface area contributed by atoms with Crippen molar-refractivity contribution in [2.75, 3.05) is 46.5 Å². The van der Waals surface area contributed by atoms with Crippen molar-refractivity contribution in [3.63, 3.8) is 0 Å². The van der Waals surface area contributed by atoms with Gasteiger partial charge in [0, 0.05) is 32.5 Å². The Morgan fingerprint density at radius 3 is 1.29 bits per heavy atom. The van der Waals surface area contributed by atoms with E-state index in [1.807, 2.05) is 0 Å². The van der Waals surface area contributed by atoms with Crippen molar-refractivity contribution in [3.05, 3.63) is 0 Å². The number of amides is 1. The zero-order valence-corrected chi connectivity index (χ0v) is 43.0. The molecule has 0 spiro atoms. The second-order valence-corrected chi connectivity index (χ2v) is 19.5. The van der Waals surface area contributed by atoms with E-state index in [1.54, 1.807) is 11.9 Å². The van der Waals surface area contributed by atoms with Gasteiger partial charge in [0.15, 0.2) is 0 Å². The average Bonchev–Trinajstić information content (AvgIpc) is 3.27. The first-order chi connectivity index (χ1) is 30.8. The Balaban J connectivity index is 4.80. The van der Waals surface area contributed by atoms with Crippen LogP contribution in [0.15, 0.2) is 0 Å². The normalized spacial score (nSPS) is 13.0. The summed E-state index contributed by atoms with van der Waals surface area (Å²) >= 11 is 0. The van der Waals surface area contributed by atoms with Crippen LogP contribution < -0.4 is 0 Å². The monoisotopic (exact) mass is 893 g/mol. The Hall–Kier alpha value is -1.67. The van der Waals surface area contributed by atoms with Crippen LogP contribution in [-0.4, -0.2) is 85.3 Å². The smallest absolute Gasteiger partial charge is 0.325 e. The number of nitrogens with zero attached hydrogens (tertiary/aromatic N) is 2. The molecular weight excluding hydrogens is 785 g/mol. The second kappa shape index (κ2) is 46.8. The molecule has 8 nitrogen and oxygen atoms in total. The van der Waals surface area contributed by atoms with Crippen LogP contribution in [0.5, 0.6) is 0 Å². The molecule has 0 aliphatic rings. The highest BCUT2D eigenvalue weighted by molar-refractivity contribution is 5.82. The molecule has 0 aromatic rings. The fourth-order valence-electron chi connectivity index (χ4n) is 9.26. The van der Waals surface area contributed by atoms with Crippen molar-refractivity contribution >= 4 is 17.8 Å². The first-order valence-electron chi connectivity index (χ1n) is 27.7. The van der Waals surface area contributed by atoms with Crippen LogP contribution in [0.2, 0.25) is 0 Å². The van der Waals surface area contributed by atoms with Gasteiger partial charge in [-0.05, 0) is 95.6 Å². The van der Waals surface area contributed by atoms with Crippen LogP contribution in [0.3, 0.4) is 0 Å². The fourth-order valence-corrected chi connectivity index (χ4v) is 9.26. The van der Waals surface area contributed by atoms with Gasteiger partial charge < -0.3 is 24.4 Å². The molecule has 0 aliphatic heterocycles. The summed E-state index contributed by atoms with van der Waals surface area (Å²) in [6, 6.07) is 0.486. The molecule has 0 heterocycles. The number of unbranched alkanes of at least 4 members (excludes halogenated alkanes) is 21. The van der Waals surface area contributed by atoms with Crippen molar-refractivity contribution in [1.29, 1.82) is 0 Å². The number of carbonyl (C=O) groups is 3. The number of carbonyl (C=O) groups excluding carboxylic acids is 3. The van der Waals surface area contributed by atoms with E-state index in [0.717, 1.165) is 109 Å². The Morgan fingerprint density at radius 2 is 0.825 bits per heavy atom. The molecule has 0 aromatic heterocycles. The molecule has 0 fully saturated rings. The summed E-state index contributed by atoms with van der Waals surface area (Å²) in [5.74, 6) is 0.630. The lowest BCUT2D eigenvalue weighted by atomic mass is 9.91. The maximum atomic E-state index is 13.2. The third-order valence-corrected chi connectivity index (χ3v) is 13.3. The van der Waals surface area contributed by atoms with Gasteiger partial charge in [-0.25, -0.2) is 0 Å². The van der Waals surface area contributed by atoms with E-state index in [9.17, 15) is 19.5 Å². The number of rotatable bonds is 49. The molecule has 0 bridgehead atoms. The summed E-state index contributed by atoms with van der Waals surface area (Å²) in [4.78, 5) is 43.1. The predicted molar refractivity (Wildman–Crippen MR) is 268 cm³/mol. The van der Waals surface area contributed by atoms with E-state index in [1.165, 1.54) is 128 Å². The van der Waals surface area contributed by atoms with Gasteiger partial charge in [-0.1, -0.05) is 189 Å². The summed E-state index contributed by atoms with van der Waals surface area (Å²) in [5, 5.41) is 9.45. The van der Waals surface area contributed by atoms with Gasteiger partial charge >= 0.3 is 11.9 Å². The minimum Gasteiger partial charge on any atom is -0.466 e. The number of ether oxygens (including phenoxy) is 2. The summed E-state index contributed by atoms with van der Waals surface area (Å²) in [7, 11) is 1.75. The third kappa shape index (κ3) is 39.2. The topological polar surface area (TPSA) is 96.4 Å². The molecule has 63 heavy (non-hydrogen) atoms. The molecule has 0 aromatic carbocycles. The van der Waals surface area contributed by atoms with Crippen molar-refractivity contribution in [2.45, 2.75) is 278 Å². The van der Waals surface area contributed by atoms with Crippen LogP contribution in [0.4, 0.5) is 0 Å². The number of likely N-dealkylation sites (N-methyl/N-ethyl adjacent to an activating group) is 1. The van der Waals surface area contributed by atoms with Gasteiger partial charge in [0.25, 0.3) is 0 Å². The van der Waals surface area contributed by atoms with Crippen LogP contribution in [-0.2, 0) is 23.9 Å². The lowest BCUT2D eigenvalue weighted by molar-refractivity contribution is -0.149. The third-order valence-electron chi connectivity index (χ3n) is 13.3.